The van der Waals surface area contributed by atoms with Crippen LogP contribution >= 0.6 is 0 Å². The summed E-state index contributed by atoms with van der Waals surface area (Å²) in [6.07, 6.45) is 2.19. The molecule has 0 aliphatic carbocycles. The molecule has 1 atom stereocenters. The van der Waals surface area contributed by atoms with Gasteiger partial charge in [-0.1, -0.05) is 18.2 Å². The van der Waals surface area contributed by atoms with Crippen LogP contribution in [-0.2, 0) is 4.74 Å². The van der Waals surface area contributed by atoms with Crippen molar-refractivity contribution in [2.24, 2.45) is 0 Å². The smallest absolute Gasteiger partial charge is 0.123 e. The number of ether oxygens (including phenoxy) is 2. The van der Waals surface area contributed by atoms with E-state index in [1.54, 1.807) is 7.11 Å². The molecular formula is C14H21NO2. The highest BCUT2D eigenvalue weighted by Gasteiger charge is 2.18. The summed E-state index contributed by atoms with van der Waals surface area (Å²) in [5.41, 5.74) is 1.22. The lowest BCUT2D eigenvalue weighted by Crippen LogP contribution is -2.36. The minimum absolute atomic E-state index is 0.314. The molecule has 0 bridgehead atoms. The molecule has 2 rings (SSSR count). The van der Waals surface area contributed by atoms with Gasteiger partial charge in [-0.05, 0) is 25.8 Å². The molecule has 3 heteroatoms. The second-order valence-electron chi connectivity index (χ2n) is 4.52. The van der Waals surface area contributed by atoms with Crippen molar-refractivity contribution in [1.29, 1.82) is 0 Å². The Hall–Kier alpha value is -1.06. The lowest BCUT2D eigenvalue weighted by atomic mass is 10.0. The molecule has 1 saturated heterocycles. The largest absolute Gasteiger partial charge is 0.496 e. The molecule has 1 heterocycles. The van der Waals surface area contributed by atoms with E-state index in [1.807, 2.05) is 12.1 Å². The first-order valence-corrected chi connectivity index (χ1v) is 6.28. The molecule has 1 aliphatic heterocycles. The maximum atomic E-state index is 5.39. The van der Waals surface area contributed by atoms with Crippen LogP contribution in [0.2, 0.25) is 0 Å². The van der Waals surface area contributed by atoms with E-state index in [0.29, 0.717) is 12.1 Å². The Balaban J connectivity index is 2.00. The monoisotopic (exact) mass is 235 g/mol. The van der Waals surface area contributed by atoms with Crippen LogP contribution in [0.3, 0.4) is 0 Å². The van der Waals surface area contributed by atoms with Crippen LogP contribution in [0, 0.1) is 0 Å². The van der Waals surface area contributed by atoms with Crippen LogP contribution in [0.5, 0.6) is 5.75 Å². The number of nitrogens with one attached hydrogen (secondary N) is 1. The molecule has 17 heavy (non-hydrogen) atoms. The first-order valence-electron chi connectivity index (χ1n) is 6.28. The second kappa shape index (κ2) is 6.03. The third kappa shape index (κ3) is 3.20. The molecule has 1 aromatic carbocycles. The summed E-state index contributed by atoms with van der Waals surface area (Å²) in [6.45, 7) is 3.93. The average Bonchev–Trinajstić information content (AvgIpc) is 2.40. The van der Waals surface area contributed by atoms with Crippen LogP contribution in [0.1, 0.15) is 31.4 Å². The third-order valence-electron chi connectivity index (χ3n) is 3.31. The zero-order chi connectivity index (χ0) is 12.1. The van der Waals surface area contributed by atoms with Gasteiger partial charge in [0.2, 0.25) is 0 Å². The van der Waals surface area contributed by atoms with E-state index in [0.717, 1.165) is 31.8 Å². The first-order chi connectivity index (χ1) is 8.31. The molecule has 0 amide bonds. The van der Waals surface area contributed by atoms with Gasteiger partial charge in [-0.3, -0.25) is 0 Å². The van der Waals surface area contributed by atoms with Crippen LogP contribution in [-0.4, -0.2) is 26.4 Å². The highest BCUT2D eigenvalue weighted by atomic mass is 16.5. The van der Waals surface area contributed by atoms with Gasteiger partial charge in [0.25, 0.3) is 0 Å². The summed E-state index contributed by atoms with van der Waals surface area (Å²) in [7, 11) is 1.72. The van der Waals surface area contributed by atoms with Gasteiger partial charge >= 0.3 is 0 Å². The maximum Gasteiger partial charge on any atom is 0.123 e. The van der Waals surface area contributed by atoms with Crippen molar-refractivity contribution in [3.05, 3.63) is 29.8 Å². The maximum absolute atomic E-state index is 5.39. The Labute approximate surface area is 103 Å². The van der Waals surface area contributed by atoms with E-state index in [-0.39, 0.29) is 0 Å². The van der Waals surface area contributed by atoms with Gasteiger partial charge in [0.05, 0.1) is 7.11 Å². The van der Waals surface area contributed by atoms with E-state index < -0.39 is 0 Å². The quantitative estimate of drug-likeness (QED) is 0.870. The summed E-state index contributed by atoms with van der Waals surface area (Å²) in [5, 5.41) is 3.65. The third-order valence-corrected chi connectivity index (χ3v) is 3.31. The fraction of sp³-hybridized carbons (Fsp3) is 0.571. The summed E-state index contributed by atoms with van der Waals surface area (Å²) in [5.74, 6) is 0.958. The minimum Gasteiger partial charge on any atom is -0.496 e. The molecule has 1 aromatic rings. The van der Waals surface area contributed by atoms with Gasteiger partial charge in [0.1, 0.15) is 5.75 Å². The van der Waals surface area contributed by atoms with E-state index in [2.05, 4.69) is 24.4 Å². The Bertz CT molecular complexity index is 348. The first kappa shape index (κ1) is 12.4. The molecule has 0 aromatic heterocycles. The molecule has 0 unspecified atom stereocenters. The Morgan fingerprint density at radius 2 is 2.00 bits per heavy atom. The normalized spacial score (nSPS) is 18.9. The van der Waals surface area contributed by atoms with Crippen molar-refractivity contribution in [2.45, 2.75) is 31.8 Å². The summed E-state index contributed by atoms with van der Waals surface area (Å²) >= 11 is 0. The molecule has 0 spiro atoms. The second-order valence-corrected chi connectivity index (χ2v) is 4.52. The number of hydrogen-bond donors (Lipinski definition) is 1. The molecular weight excluding hydrogens is 214 g/mol. The summed E-state index contributed by atoms with van der Waals surface area (Å²) in [6, 6.07) is 9.06. The van der Waals surface area contributed by atoms with Gasteiger partial charge in [0, 0.05) is 30.9 Å². The zero-order valence-corrected chi connectivity index (χ0v) is 10.6. The van der Waals surface area contributed by atoms with Crippen LogP contribution in [0.15, 0.2) is 24.3 Å². The molecule has 1 aliphatic rings. The van der Waals surface area contributed by atoms with Crippen molar-refractivity contribution in [3.63, 3.8) is 0 Å². The molecule has 0 saturated carbocycles. The number of hydrogen-bond acceptors (Lipinski definition) is 3. The van der Waals surface area contributed by atoms with Gasteiger partial charge in [0.15, 0.2) is 0 Å². The van der Waals surface area contributed by atoms with Gasteiger partial charge in [-0.15, -0.1) is 0 Å². The topological polar surface area (TPSA) is 30.5 Å². The Morgan fingerprint density at radius 1 is 1.29 bits per heavy atom. The number of methoxy groups -OCH3 is 1. The fourth-order valence-electron chi connectivity index (χ4n) is 2.33. The van der Waals surface area contributed by atoms with Crippen LogP contribution < -0.4 is 10.1 Å². The van der Waals surface area contributed by atoms with Gasteiger partial charge in [-0.2, -0.15) is 0 Å². The van der Waals surface area contributed by atoms with E-state index in [1.165, 1.54) is 5.56 Å². The average molecular weight is 235 g/mol. The number of para-hydroxylation sites is 1. The molecule has 3 nitrogen and oxygen atoms in total. The Morgan fingerprint density at radius 3 is 2.71 bits per heavy atom. The van der Waals surface area contributed by atoms with E-state index in [4.69, 9.17) is 9.47 Å². The Kier molecular flexibility index (Phi) is 4.40. The lowest BCUT2D eigenvalue weighted by Gasteiger charge is -2.27. The number of rotatable bonds is 4. The van der Waals surface area contributed by atoms with Crippen molar-refractivity contribution in [3.8, 4) is 5.75 Å². The predicted octanol–water partition coefficient (Wildman–Crippen LogP) is 2.52. The number of benzene rings is 1. The van der Waals surface area contributed by atoms with Crippen molar-refractivity contribution < 1.29 is 9.47 Å². The van der Waals surface area contributed by atoms with Crippen LogP contribution in [0.4, 0.5) is 0 Å². The summed E-state index contributed by atoms with van der Waals surface area (Å²) in [4.78, 5) is 0. The van der Waals surface area contributed by atoms with Crippen molar-refractivity contribution >= 4 is 0 Å². The standard InChI is InChI=1S/C14H21NO2/c1-11(15-12-7-9-17-10-8-12)13-5-3-4-6-14(13)16-2/h3-6,11-12,15H,7-10H2,1-2H3/t11-/m0/s1. The zero-order valence-electron chi connectivity index (χ0n) is 10.6. The van der Waals surface area contributed by atoms with Gasteiger partial charge < -0.3 is 14.8 Å². The molecule has 1 N–H and O–H groups in total. The molecule has 0 radical (unpaired) electrons. The minimum atomic E-state index is 0.314. The highest BCUT2D eigenvalue weighted by Crippen LogP contribution is 2.25. The molecule has 1 fully saturated rings. The van der Waals surface area contributed by atoms with Gasteiger partial charge in [-0.25, -0.2) is 0 Å². The van der Waals surface area contributed by atoms with E-state index >= 15 is 0 Å². The summed E-state index contributed by atoms with van der Waals surface area (Å²) < 4.78 is 10.8. The highest BCUT2D eigenvalue weighted by molar-refractivity contribution is 5.35. The lowest BCUT2D eigenvalue weighted by molar-refractivity contribution is 0.0754. The predicted molar refractivity (Wildman–Crippen MR) is 68.4 cm³/mol. The van der Waals surface area contributed by atoms with Crippen molar-refractivity contribution in [2.75, 3.05) is 20.3 Å². The fourth-order valence-corrected chi connectivity index (χ4v) is 2.33. The molecule has 94 valence electrons. The van der Waals surface area contributed by atoms with Crippen LogP contribution in [0.25, 0.3) is 0 Å². The van der Waals surface area contributed by atoms with Crippen molar-refractivity contribution in [1.82, 2.24) is 5.32 Å². The van der Waals surface area contributed by atoms with E-state index in [9.17, 15) is 0 Å². The SMILES string of the molecule is COc1ccccc1[C@H](C)NC1CCOCC1.